The van der Waals surface area contributed by atoms with Crippen molar-refractivity contribution in [1.29, 1.82) is 0 Å². The topological polar surface area (TPSA) is 161 Å². The molecule has 180 valence electrons. The summed E-state index contributed by atoms with van der Waals surface area (Å²) in [6, 6.07) is 10.3. The summed E-state index contributed by atoms with van der Waals surface area (Å²) in [6.45, 7) is 1.30. The number of ketones is 1. The first-order valence-corrected chi connectivity index (χ1v) is 12.9. The predicted molar refractivity (Wildman–Crippen MR) is 127 cm³/mol. The van der Waals surface area contributed by atoms with Gasteiger partial charge in [-0.2, -0.15) is 4.31 Å². The Morgan fingerprint density at radius 1 is 1.17 bits per heavy atom. The van der Waals surface area contributed by atoms with Crippen molar-refractivity contribution in [2.45, 2.75) is 10.1 Å². The Morgan fingerprint density at radius 2 is 1.97 bits per heavy atom. The molecule has 2 aromatic carbocycles. The third-order valence-electron chi connectivity index (χ3n) is 5.49. The van der Waals surface area contributed by atoms with Crippen LogP contribution in [-0.4, -0.2) is 75.7 Å². The van der Waals surface area contributed by atoms with Gasteiger partial charge in [0.1, 0.15) is 5.52 Å². The van der Waals surface area contributed by atoms with E-state index in [1.165, 1.54) is 34.6 Å². The number of carbonyl (C=O) groups is 1. The van der Waals surface area contributed by atoms with Crippen LogP contribution in [0.15, 0.2) is 52.5 Å². The highest BCUT2D eigenvalue weighted by Gasteiger charge is 2.27. The molecule has 1 fully saturated rings. The van der Waals surface area contributed by atoms with E-state index in [-0.39, 0.29) is 32.8 Å². The van der Waals surface area contributed by atoms with Crippen LogP contribution in [0.3, 0.4) is 0 Å². The lowest BCUT2D eigenvalue weighted by atomic mass is 10.1. The highest BCUT2D eigenvalue weighted by atomic mass is 32.2. The number of benzene rings is 2. The molecular formula is C21H18N6O6S2. The van der Waals surface area contributed by atoms with Gasteiger partial charge in [0.15, 0.2) is 11.4 Å². The quantitative estimate of drug-likeness (QED) is 0.168. The van der Waals surface area contributed by atoms with E-state index in [9.17, 15) is 23.3 Å². The molecule has 12 nitrogen and oxygen atoms in total. The minimum absolute atomic E-state index is 0.0312. The van der Waals surface area contributed by atoms with Gasteiger partial charge >= 0.3 is 0 Å². The normalized spacial score (nSPS) is 15.0. The van der Waals surface area contributed by atoms with Crippen LogP contribution in [0, 0.1) is 10.1 Å². The Hall–Kier alpha value is -3.46. The van der Waals surface area contributed by atoms with Crippen LogP contribution in [0.2, 0.25) is 0 Å². The van der Waals surface area contributed by atoms with Gasteiger partial charge in [-0.1, -0.05) is 23.9 Å². The summed E-state index contributed by atoms with van der Waals surface area (Å²) < 4.78 is 32.6. The number of sulfonamides is 1. The molecule has 2 aromatic heterocycles. The van der Waals surface area contributed by atoms with Crippen molar-refractivity contribution in [3.8, 4) is 0 Å². The first-order valence-electron chi connectivity index (χ1n) is 10.5. The summed E-state index contributed by atoms with van der Waals surface area (Å²) in [5, 5.41) is 20.0. The molecule has 0 atom stereocenters. The molecule has 0 unspecified atom stereocenters. The molecule has 0 spiro atoms. The summed E-state index contributed by atoms with van der Waals surface area (Å²) in [5.74, 6) is -0.340. The van der Waals surface area contributed by atoms with Crippen molar-refractivity contribution in [3.63, 3.8) is 0 Å². The second kappa shape index (κ2) is 9.30. The maximum Gasteiger partial charge on any atom is 0.270 e. The Kier molecular flexibility index (Phi) is 6.19. The summed E-state index contributed by atoms with van der Waals surface area (Å²) in [4.78, 5) is 30.5. The van der Waals surface area contributed by atoms with Crippen LogP contribution >= 0.6 is 11.8 Å². The van der Waals surface area contributed by atoms with Gasteiger partial charge < -0.3 is 9.72 Å². The molecule has 3 heterocycles. The average molecular weight is 515 g/mol. The van der Waals surface area contributed by atoms with Crippen LogP contribution in [0.1, 0.15) is 10.4 Å². The summed E-state index contributed by atoms with van der Waals surface area (Å²) >= 11 is 1.05. The lowest BCUT2D eigenvalue weighted by Crippen LogP contribution is -2.40. The number of nitrogens with zero attached hydrogens (tertiary/aromatic N) is 5. The molecule has 1 aliphatic heterocycles. The zero-order valence-electron chi connectivity index (χ0n) is 18.1. The number of Topliss-reactive ketones (excluding diaryl/α,β-unsaturated/α-hetero) is 1. The minimum atomic E-state index is -3.67. The number of hydrogen-bond donors (Lipinski definition) is 1. The Bertz CT molecular complexity index is 1570. The molecule has 4 aromatic rings. The number of nitro benzene ring substituents is 1. The maximum absolute atomic E-state index is 13.0. The van der Waals surface area contributed by atoms with Gasteiger partial charge in [-0.15, -0.1) is 10.2 Å². The van der Waals surface area contributed by atoms with Crippen molar-refractivity contribution in [1.82, 2.24) is 24.5 Å². The maximum atomic E-state index is 13.0. The lowest BCUT2D eigenvalue weighted by molar-refractivity contribution is -0.384. The number of ether oxygens (including phenoxy) is 1. The van der Waals surface area contributed by atoms with Gasteiger partial charge in [-0.3, -0.25) is 14.9 Å². The zero-order chi connectivity index (χ0) is 24.6. The fourth-order valence-electron chi connectivity index (χ4n) is 3.70. The van der Waals surface area contributed by atoms with Crippen molar-refractivity contribution >= 4 is 55.3 Å². The largest absolute Gasteiger partial charge is 0.379 e. The average Bonchev–Trinajstić information content (AvgIpc) is 3.25. The molecule has 14 heteroatoms. The van der Waals surface area contributed by atoms with E-state index >= 15 is 0 Å². The van der Waals surface area contributed by atoms with Gasteiger partial charge in [0, 0.05) is 41.7 Å². The molecule has 1 aliphatic rings. The van der Waals surface area contributed by atoms with Crippen LogP contribution in [0.5, 0.6) is 0 Å². The fraction of sp³-hybridized carbons (Fsp3) is 0.238. The number of hydrogen-bond acceptors (Lipinski definition) is 10. The molecule has 0 radical (unpaired) electrons. The van der Waals surface area contributed by atoms with Crippen molar-refractivity contribution in [2.75, 3.05) is 32.1 Å². The molecule has 5 rings (SSSR count). The van der Waals surface area contributed by atoms with E-state index in [1.807, 2.05) is 0 Å². The van der Waals surface area contributed by atoms with Crippen molar-refractivity contribution in [2.24, 2.45) is 0 Å². The number of nitro groups is 1. The van der Waals surface area contributed by atoms with Crippen molar-refractivity contribution < 1.29 is 22.9 Å². The van der Waals surface area contributed by atoms with Crippen LogP contribution in [0.4, 0.5) is 5.69 Å². The lowest BCUT2D eigenvalue weighted by Gasteiger charge is -2.26. The van der Waals surface area contributed by atoms with Gasteiger partial charge in [-0.25, -0.2) is 13.4 Å². The van der Waals surface area contributed by atoms with E-state index in [4.69, 9.17) is 4.74 Å². The molecule has 0 aliphatic carbocycles. The number of thioether (sulfide) groups is 1. The fourth-order valence-corrected chi connectivity index (χ4v) is 5.82. The third-order valence-corrected chi connectivity index (χ3v) is 8.22. The van der Waals surface area contributed by atoms with E-state index < -0.39 is 14.9 Å². The summed E-state index contributed by atoms with van der Waals surface area (Å²) in [6.07, 6.45) is 0. The van der Waals surface area contributed by atoms with Crippen molar-refractivity contribution in [3.05, 3.63) is 58.1 Å². The van der Waals surface area contributed by atoms with Gasteiger partial charge in [-0.05, 0) is 18.2 Å². The molecule has 0 saturated carbocycles. The van der Waals surface area contributed by atoms with E-state index in [0.29, 0.717) is 48.4 Å². The Morgan fingerprint density at radius 3 is 2.74 bits per heavy atom. The summed E-state index contributed by atoms with van der Waals surface area (Å²) in [7, 11) is -3.67. The Labute approximate surface area is 202 Å². The highest BCUT2D eigenvalue weighted by Crippen LogP contribution is 2.28. The molecule has 1 saturated heterocycles. The highest BCUT2D eigenvalue weighted by molar-refractivity contribution is 7.99. The smallest absolute Gasteiger partial charge is 0.270 e. The van der Waals surface area contributed by atoms with Crippen LogP contribution < -0.4 is 0 Å². The number of nitrogens with one attached hydrogen (secondary N) is 1. The molecule has 0 bridgehead atoms. The molecule has 1 N–H and O–H groups in total. The van der Waals surface area contributed by atoms with E-state index in [0.717, 1.165) is 11.8 Å². The number of aromatic nitrogens is 4. The second-order valence-corrected chi connectivity index (χ2v) is 10.5. The number of carbonyl (C=O) groups excluding carboxylic acids is 1. The minimum Gasteiger partial charge on any atom is -0.379 e. The number of non-ortho nitro benzene ring substituents is 1. The first kappa shape index (κ1) is 23.3. The van der Waals surface area contributed by atoms with Crippen LogP contribution in [-0.2, 0) is 14.8 Å². The molecular weight excluding hydrogens is 496 g/mol. The third kappa shape index (κ3) is 4.60. The number of rotatable bonds is 7. The monoisotopic (exact) mass is 514 g/mol. The Balaban J connectivity index is 1.37. The number of fused-ring (bicyclic) bond motifs is 3. The number of aromatic amines is 1. The predicted octanol–water partition coefficient (Wildman–Crippen LogP) is 2.41. The first-order chi connectivity index (χ1) is 16.8. The van der Waals surface area contributed by atoms with E-state index in [1.54, 1.807) is 12.1 Å². The van der Waals surface area contributed by atoms with Gasteiger partial charge in [0.25, 0.3) is 5.69 Å². The number of morpholine rings is 1. The zero-order valence-corrected chi connectivity index (χ0v) is 19.7. The summed E-state index contributed by atoms with van der Waals surface area (Å²) in [5.41, 5.74) is 1.53. The second-order valence-electron chi connectivity index (χ2n) is 7.66. The molecule has 0 amide bonds. The van der Waals surface area contributed by atoms with Crippen LogP contribution in [0.25, 0.3) is 22.1 Å². The number of H-pyrrole nitrogens is 1. The van der Waals surface area contributed by atoms with Gasteiger partial charge in [0.05, 0.1) is 28.8 Å². The van der Waals surface area contributed by atoms with E-state index in [2.05, 4.69) is 20.2 Å². The standard InChI is InChI=1S/C21H18N6O6S2/c28-18(13-2-1-3-14(10-13)27(29)30)12-34-21-23-20-19(24-25-21)16-11-15(4-5-17(16)22-20)35(31,32)26-6-8-33-9-7-26/h1-5,10-11H,6-9,12H2,(H,22,23,25). The van der Waals surface area contributed by atoms with Gasteiger partial charge in [0.2, 0.25) is 15.2 Å². The molecule has 35 heavy (non-hydrogen) atoms. The SMILES string of the molecule is O=C(CSc1nnc2c(n1)[nH]c1ccc(S(=O)(=O)N3CCOCC3)cc12)c1cccc([N+](=O)[O-])c1.